The highest BCUT2D eigenvalue weighted by Crippen LogP contribution is 2.16. The summed E-state index contributed by atoms with van der Waals surface area (Å²) in [7, 11) is 0. The molecule has 0 aromatic heterocycles. The average molecular weight is 244 g/mol. The molecule has 0 bridgehead atoms. The second kappa shape index (κ2) is 6.34. The van der Waals surface area contributed by atoms with Crippen LogP contribution in [0.1, 0.15) is 36.5 Å². The van der Waals surface area contributed by atoms with E-state index in [4.69, 9.17) is 0 Å². The van der Waals surface area contributed by atoms with E-state index < -0.39 is 0 Å². The standard InChI is InChI=1S/C15H20N2O/c1-2-7-13(15-16-10-6-11-17-15)14(18)12-8-4-3-5-9-12/h3-5,8-9,13H,2,6-7,10-11H2,1H3,(H,16,17). The summed E-state index contributed by atoms with van der Waals surface area (Å²) in [5, 5.41) is 3.28. The van der Waals surface area contributed by atoms with Crippen LogP contribution in [0.25, 0.3) is 0 Å². The molecule has 1 unspecified atom stereocenters. The van der Waals surface area contributed by atoms with E-state index in [-0.39, 0.29) is 11.7 Å². The van der Waals surface area contributed by atoms with Gasteiger partial charge in [-0.3, -0.25) is 9.79 Å². The summed E-state index contributed by atoms with van der Waals surface area (Å²) >= 11 is 0. The van der Waals surface area contributed by atoms with Gasteiger partial charge >= 0.3 is 0 Å². The number of rotatable bonds is 5. The molecule has 18 heavy (non-hydrogen) atoms. The molecular formula is C15H20N2O. The van der Waals surface area contributed by atoms with E-state index in [0.717, 1.165) is 43.8 Å². The zero-order chi connectivity index (χ0) is 12.8. The lowest BCUT2D eigenvalue weighted by Crippen LogP contribution is -2.39. The summed E-state index contributed by atoms with van der Waals surface area (Å²) in [6, 6.07) is 9.52. The van der Waals surface area contributed by atoms with E-state index in [9.17, 15) is 4.79 Å². The quantitative estimate of drug-likeness (QED) is 0.809. The number of carbonyl (C=O) groups is 1. The number of benzene rings is 1. The van der Waals surface area contributed by atoms with Crippen molar-refractivity contribution < 1.29 is 4.79 Å². The largest absolute Gasteiger partial charge is 0.373 e. The molecule has 0 spiro atoms. The zero-order valence-corrected chi connectivity index (χ0v) is 10.9. The van der Waals surface area contributed by atoms with Crippen molar-refractivity contribution in [2.45, 2.75) is 26.2 Å². The van der Waals surface area contributed by atoms with Crippen molar-refractivity contribution in [3.63, 3.8) is 0 Å². The molecule has 0 saturated carbocycles. The average Bonchev–Trinajstić information content (AvgIpc) is 2.46. The molecule has 1 aliphatic rings. The second-order valence-electron chi connectivity index (χ2n) is 4.62. The van der Waals surface area contributed by atoms with E-state index >= 15 is 0 Å². The Kier molecular flexibility index (Phi) is 4.51. The monoisotopic (exact) mass is 244 g/mol. The predicted molar refractivity (Wildman–Crippen MR) is 74.1 cm³/mol. The Morgan fingerprint density at radius 2 is 2.17 bits per heavy atom. The molecule has 1 aromatic rings. The Hall–Kier alpha value is -1.64. The molecule has 0 saturated heterocycles. The van der Waals surface area contributed by atoms with Crippen molar-refractivity contribution in [2.24, 2.45) is 10.9 Å². The molecule has 1 aliphatic heterocycles. The number of carbonyl (C=O) groups excluding carboxylic acids is 1. The van der Waals surface area contributed by atoms with Gasteiger partial charge in [-0.1, -0.05) is 43.7 Å². The molecule has 3 nitrogen and oxygen atoms in total. The Morgan fingerprint density at radius 1 is 1.39 bits per heavy atom. The van der Waals surface area contributed by atoms with Crippen LogP contribution < -0.4 is 5.32 Å². The summed E-state index contributed by atoms with van der Waals surface area (Å²) in [5.74, 6) is 0.972. The number of aliphatic imine (C=N–C) groups is 1. The van der Waals surface area contributed by atoms with Crippen LogP contribution in [0.3, 0.4) is 0 Å². The van der Waals surface area contributed by atoms with E-state index in [2.05, 4.69) is 17.2 Å². The van der Waals surface area contributed by atoms with Crippen molar-refractivity contribution in [3.8, 4) is 0 Å². The number of nitrogens with zero attached hydrogens (tertiary/aromatic N) is 1. The van der Waals surface area contributed by atoms with Crippen molar-refractivity contribution in [3.05, 3.63) is 35.9 Å². The maximum atomic E-state index is 12.5. The Balaban J connectivity index is 2.19. The fraction of sp³-hybridized carbons (Fsp3) is 0.467. The van der Waals surface area contributed by atoms with Gasteiger partial charge in [0.25, 0.3) is 0 Å². The van der Waals surface area contributed by atoms with Gasteiger partial charge in [-0.05, 0) is 12.8 Å². The summed E-state index contributed by atoms with van der Waals surface area (Å²) in [6.45, 7) is 3.88. The Labute approximate surface area is 108 Å². The first-order valence-corrected chi connectivity index (χ1v) is 6.70. The van der Waals surface area contributed by atoms with Crippen molar-refractivity contribution in [1.82, 2.24) is 5.32 Å². The van der Waals surface area contributed by atoms with E-state index in [1.807, 2.05) is 30.3 Å². The molecule has 0 aliphatic carbocycles. The normalized spacial score (nSPS) is 16.6. The van der Waals surface area contributed by atoms with Crippen LogP contribution in [0.4, 0.5) is 0 Å². The Bertz CT molecular complexity index is 425. The van der Waals surface area contributed by atoms with Crippen molar-refractivity contribution in [2.75, 3.05) is 13.1 Å². The van der Waals surface area contributed by atoms with E-state index in [1.165, 1.54) is 0 Å². The third kappa shape index (κ3) is 2.97. The molecule has 3 heteroatoms. The number of amidine groups is 1. The summed E-state index contributed by atoms with van der Waals surface area (Å²) in [6.07, 6.45) is 2.91. The number of ketones is 1. The first kappa shape index (κ1) is 12.8. The van der Waals surface area contributed by atoms with Gasteiger partial charge in [-0.15, -0.1) is 0 Å². The van der Waals surface area contributed by atoms with Gasteiger partial charge in [0.2, 0.25) is 0 Å². The van der Waals surface area contributed by atoms with Gasteiger partial charge in [0.1, 0.15) is 5.84 Å². The van der Waals surface area contributed by atoms with Crippen LogP contribution in [0.2, 0.25) is 0 Å². The molecule has 1 N–H and O–H groups in total. The van der Waals surface area contributed by atoms with Crippen LogP contribution in [-0.2, 0) is 0 Å². The van der Waals surface area contributed by atoms with E-state index in [1.54, 1.807) is 0 Å². The maximum absolute atomic E-state index is 12.5. The van der Waals surface area contributed by atoms with Gasteiger partial charge in [0.05, 0.1) is 5.92 Å². The highest BCUT2D eigenvalue weighted by atomic mass is 16.1. The highest BCUT2D eigenvalue weighted by Gasteiger charge is 2.25. The lowest BCUT2D eigenvalue weighted by atomic mass is 9.92. The molecule has 1 heterocycles. The van der Waals surface area contributed by atoms with Gasteiger partial charge in [0, 0.05) is 18.7 Å². The van der Waals surface area contributed by atoms with Gasteiger partial charge in [-0.25, -0.2) is 0 Å². The SMILES string of the molecule is CCCC(C(=O)c1ccccc1)C1=NCCCN1. The molecular weight excluding hydrogens is 224 g/mol. The first-order chi connectivity index (χ1) is 8.83. The van der Waals surface area contributed by atoms with Crippen molar-refractivity contribution >= 4 is 11.6 Å². The molecule has 1 atom stereocenters. The van der Waals surface area contributed by atoms with Gasteiger partial charge < -0.3 is 5.32 Å². The fourth-order valence-corrected chi connectivity index (χ4v) is 2.27. The zero-order valence-electron chi connectivity index (χ0n) is 10.9. The minimum Gasteiger partial charge on any atom is -0.373 e. The number of Topliss-reactive ketones (excluding diaryl/α,β-unsaturated/α-hetero) is 1. The summed E-state index contributed by atoms with van der Waals surface area (Å²) < 4.78 is 0. The molecule has 96 valence electrons. The Morgan fingerprint density at radius 3 is 2.78 bits per heavy atom. The first-order valence-electron chi connectivity index (χ1n) is 6.70. The van der Waals surface area contributed by atoms with Crippen LogP contribution in [-0.4, -0.2) is 24.7 Å². The molecule has 0 amide bonds. The molecule has 0 fully saturated rings. The van der Waals surface area contributed by atoms with Crippen molar-refractivity contribution in [1.29, 1.82) is 0 Å². The third-order valence-corrected chi connectivity index (χ3v) is 3.21. The van der Waals surface area contributed by atoms with Crippen LogP contribution in [0, 0.1) is 5.92 Å². The number of hydrogen-bond acceptors (Lipinski definition) is 3. The van der Waals surface area contributed by atoms with Crippen LogP contribution >= 0.6 is 0 Å². The molecule has 2 rings (SSSR count). The highest BCUT2D eigenvalue weighted by molar-refractivity contribution is 6.11. The lowest BCUT2D eigenvalue weighted by Gasteiger charge is -2.22. The number of nitrogens with one attached hydrogen (secondary N) is 1. The number of hydrogen-bond donors (Lipinski definition) is 1. The summed E-state index contributed by atoms with van der Waals surface area (Å²) in [5.41, 5.74) is 0.783. The van der Waals surface area contributed by atoms with E-state index in [0.29, 0.717) is 0 Å². The lowest BCUT2D eigenvalue weighted by molar-refractivity contribution is 0.0947. The minimum atomic E-state index is -0.0994. The van der Waals surface area contributed by atoms with Gasteiger partial charge in [0.15, 0.2) is 5.78 Å². The minimum absolute atomic E-state index is 0.0994. The summed E-state index contributed by atoms with van der Waals surface area (Å²) in [4.78, 5) is 17.0. The third-order valence-electron chi connectivity index (χ3n) is 3.21. The maximum Gasteiger partial charge on any atom is 0.173 e. The topological polar surface area (TPSA) is 41.5 Å². The van der Waals surface area contributed by atoms with Crippen LogP contribution in [0.15, 0.2) is 35.3 Å². The fourth-order valence-electron chi connectivity index (χ4n) is 2.27. The van der Waals surface area contributed by atoms with Gasteiger partial charge in [-0.2, -0.15) is 0 Å². The molecule has 0 radical (unpaired) electrons. The molecule has 1 aromatic carbocycles. The predicted octanol–water partition coefficient (Wildman–Crippen LogP) is 2.68. The second-order valence-corrected chi connectivity index (χ2v) is 4.62. The smallest absolute Gasteiger partial charge is 0.173 e. The van der Waals surface area contributed by atoms with Crippen LogP contribution in [0.5, 0.6) is 0 Å².